The first-order valence-electron chi connectivity index (χ1n) is 11.5. The Morgan fingerprint density at radius 1 is 0.719 bits per heavy atom. The average Bonchev–Trinajstić information content (AvgIpc) is 2.81. The Hall–Kier alpha value is -3.02. The number of ether oxygens (including phenoxy) is 2. The van der Waals surface area contributed by atoms with Gasteiger partial charge in [-0.15, -0.1) is 0 Å². The van der Waals surface area contributed by atoms with Gasteiger partial charge in [0.2, 0.25) is 11.8 Å². The Kier molecular flexibility index (Phi) is 8.96. The second-order valence-corrected chi connectivity index (χ2v) is 8.20. The lowest BCUT2D eigenvalue weighted by Gasteiger charge is -2.35. The van der Waals surface area contributed by atoms with E-state index in [2.05, 4.69) is 0 Å². The minimum Gasteiger partial charge on any atom is -0.494 e. The van der Waals surface area contributed by atoms with Crippen molar-refractivity contribution in [3.63, 3.8) is 0 Å². The number of carbonyl (C=O) groups is 2. The molecule has 2 aromatic carbocycles. The van der Waals surface area contributed by atoms with E-state index in [1.165, 1.54) is 0 Å². The van der Waals surface area contributed by atoms with Crippen molar-refractivity contribution in [1.82, 2.24) is 9.80 Å². The maximum atomic E-state index is 12.5. The molecule has 0 saturated carbocycles. The minimum absolute atomic E-state index is 0.135. The number of piperazine rings is 1. The topological polar surface area (TPSA) is 59.1 Å². The van der Waals surface area contributed by atoms with Crippen LogP contribution in [0.1, 0.15) is 36.8 Å². The van der Waals surface area contributed by atoms with Gasteiger partial charge >= 0.3 is 0 Å². The van der Waals surface area contributed by atoms with E-state index in [-0.39, 0.29) is 11.8 Å². The molecule has 0 bridgehead atoms. The SMILES string of the molecule is Cc1cccc(C)c1OCCCC(=O)N1CCN(C(=O)CCCOc2ccccc2)CC1. The summed E-state index contributed by atoms with van der Waals surface area (Å²) < 4.78 is 11.5. The van der Waals surface area contributed by atoms with Crippen LogP contribution in [0.15, 0.2) is 48.5 Å². The summed E-state index contributed by atoms with van der Waals surface area (Å²) in [6, 6.07) is 15.7. The largest absolute Gasteiger partial charge is 0.494 e. The summed E-state index contributed by atoms with van der Waals surface area (Å²) in [5.41, 5.74) is 2.23. The number of aryl methyl sites for hydroxylation is 2. The average molecular weight is 439 g/mol. The standard InChI is InChI=1S/C26H34N2O4/c1-21-9-6-10-22(2)26(21)32-20-8-14-25(30)28-17-15-27(16-18-28)24(29)13-7-19-31-23-11-4-3-5-12-23/h3-6,9-12H,7-8,13-20H2,1-2H3. The summed E-state index contributed by atoms with van der Waals surface area (Å²) in [7, 11) is 0. The molecular weight excluding hydrogens is 404 g/mol. The third-order valence-corrected chi connectivity index (χ3v) is 5.72. The van der Waals surface area contributed by atoms with Crippen molar-refractivity contribution >= 4 is 11.8 Å². The Bertz CT molecular complexity index is 856. The Balaban J connectivity index is 1.29. The second kappa shape index (κ2) is 12.1. The van der Waals surface area contributed by atoms with Crippen LogP contribution >= 0.6 is 0 Å². The van der Waals surface area contributed by atoms with Crippen LogP contribution in [0.5, 0.6) is 11.5 Å². The van der Waals surface area contributed by atoms with E-state index in [1.807, 2.05) is 72.2 Å². The van der Waals surface area contributed by atoms with E-state index in [4.69, 9.17) is 9.47 Å². The van der Waals surface area contributed by atoms with Crippen molar-refractivity contribution in [3.8, 4) is 11.5 Å². The molecule has 2 amide bonds. The fourth-order valence-electron chi connectivity index (χ4n) is 3.88. The van der Waals surface area contributed by atoms with E-state index < -0.39 is 0 Å². The first-order valence-corrected chi connectivity index (χ1v) is 11.5. The summed E-state index contributed by atoms with van der Waals surface area (Å²) in [4.78, 5) is 28.7. The molecule has 2 aromatic rings. The van der Waals surface area contributed by atoms with E-state index >= 15 is 0 Å². The molecule has 0 N–H and O–H groups in total. The van der Waals surface area contributed by atoms with Crippen LogP contribution in [-0.2, 0) is 9.59 Å². The molecule has 172 valence electrons. The molecule has 1 aliphatic rings. The lowest BCUT2D eigenvalue weighted by molar-refractivity contribution is -0.139. The molecule has 0 aliphatic carbocycles. The fourth-order valence-corrected chi connectivity index (χ4v) is 3.88. The van der Waals surface area contributed by atoms with Crippen molar-refractivity contribution < 1.29 is 19.1 Å². The molecule has 3 rings (SSSR count). The molecule has 0 spiro atoms. The number of carbonyl (C=O) groups excluding carboxylic acids is 2. The summed E-state index contributed by atoms with van der Waals surface area (Å²) in [6.07, 6.45) is 2.31. The number of amides is 2. The highest BCUT2D eigenvalue weighted by molar-refractivity contribution is 5.78. The van der Waals surface area contributed by atoms with E-state index in [0.717, 1.165) is 22.6 Å². The maximum absolute atomic E-state index is 12.5. The van der Waals surface area contributed by atoms with Crippen LogP contribution in [0.3, 0.4) is 0 Å². The molecule has 6 heteroatoms. The number of rotatable bonds is 10. The van der Waals surface area contributed by atoms with Gasteiger partial charge in [-0.1, -0.05) is 36.4 Å². The summed E-state index contributed by atoms with van der Waals surface area (Å²) in [5, 5.41) is 0. The number of hydrogen-bond acceptors (Lipinski definition) is 4. The zero-order chi connectivity index (χ0) is 22.8. The summed E-state index contributed by atoms with van der Waals surface area (Å²) >= 11 is 0. The van der Waals surface area contributed by atoms with Crippen molar-refractivity contribution in [1.29, 1.82) is 0 Å². The van der Waals surface area contributed by atoms with Crippen molar-refractivity contribution in [2.45, 2.75) is 39.5 Å². The number of para-hydroxylation sites is 2. The number of nitrogens with zero attached hydrogens (tertiary/aromatic N) is 2. The lowest BCUT2D eigenvalue weighted by Crippen LogP contribution is -2.50. The minimum atomic E-state index is 0.135. The molecule has 0 unspecified atom stereocenters. The van der Waals surface area contributed by atoms with Crippen LogP contribution in [0, 0.1) is 13.8 Å². The Morgan fingerprint density at radius 2 is 1.22 bits per heavy atom. The molecular formula is C26H34N2O4. The van der Waals surface area contributed by atoms with Gasteiger partial charge in [-0.05, 0) is 49.9 Å². The molecule has 6 nitrogen and oxygen atoms in total. The normalized spacial score (nSPS) is 13.7. The van der Waals surface area contributed by atoms with E-state index in [1.54, 1.807) is 0 Å². The molecule has 0 aromatic heterocycles. The van der Waals surface area contributed by atoms with Crippen molar-refractivity contribution in [2.75, 3.05) is 39.4 Å². The van der Waals surface area contributed by atoms with Gasteiger partial charge in [0.15, 0.2) is 0 Å². The van der Waals surface area contributed by atoms with Crippen LogP contribution in [0.4, 0.5) is 0 Å². The molecule has 1 fully saturated rings. The van der Waals surface area contributed by atoms with Crippen LogP contribution < -0.4 is 9.47 Å². The van der Waals surface area contributed by atoms with Gasteiger partial charge in [0, 0.05) is 39.0 Å². The molecule has 0 radical (unpaired) electrons. The van der Waals surface area contributed by atoms with E-state index in [9.17, 15) is 9.59 Å². The van der Waals surface area contributed by atoms with Crippen LogP contribution in [0.2, 0.25) is 0 Å². The first kappa shape index (κ1) is 23.6. The quantitative estimate of drug-likeness (QED) is 0.526. The highest BCUT2D eigenvalue weighted by Crippen LogP contribution is 2.22. The number of hydrogen-bond donors (Lipinski definition) is 0. The fraction of sp³-hybridized carbons (Fsp3) is 0.462. The zero-order valence-electron chi connectivity index (χ0n) is 19.2. The van der Waals surface area contributed by atoms with Crippen LogP contribution in [0.25, 0.3) is 0 Å². The van der Waals surface area contributed by atoms with Gasteiger partial charge in [-0.25, -0.2) is 0 Å². The van der Waals surface area contributed by atoms with Gasteiger partial charge < -0.3 is 19.3 Å². The molecule has 1 heterocycles. The highest BCUT2D eigenvalue weighted by Gasteiger charge is 2.23. The van der Waals surface area contributed by atoms with E-state index in [0.29, 0.717) is 65.1 Å². The lowest BCUT2D eigenvalue weighted by atomic mass is 10.1. The summed E-state index contributed by atoms with van der Waals surface area (Å²) in [5.74, 6) is 2.02. The smallest absolute Gasteiger partial charge is 0.222 e. The van der Waals surface area contributed by atoms with Gasteiger partial charge in [0.25, 0.3) is 0 Å². The third kappa shape index (κ3) is 7.01. The maximum Gasteiger partial charge on any atom is 0.222 e. The highest BCUT2D eigenvalue weighted by atomic mass is 16.5. The zero-order valence-corrected chi connectivity index (χ0v) is 19.2. The van der Waals surface area contributed by atoms with Gasteiger partial charge in [0.1, 0.15) is 11.5 Å². The second-order valence-electron chi connectivity index (χ2n) is 8.20. The molecule has 1 saturated heterocycles. The van der Waals surface area contributed by atoms with Crippen molar-refractivity contribution in [3.05, 3.63) is 59.7 Å². The molecule has 0 atom stereocenters. The first-order chi connectivity index (χ1) is 15.5. The third-order valence-electron chi connectivity index (χ3n) is 5.72. The van der Waals surface area contributed by atoms with Gasteiger partial charge in [0.05, 0.1) is 13.2 Å². The molecule has 1 aliphatic heterocycles. The Labute approximate surface area is 191 Å². The molecule has 32 heavy (non-hydrogen) atoms. The number of benzene rings is 2. The van der Waals surface area contributed by atoms with Crippen molar-refractivity contribution in [2.24, 2.45) is 0 Å². The monoisotopic (exact) mass is 438 g/mol. The predicted octanol–water partition coefficient (Wildman–Crippen LogP) is 3.99. The van der Waals surface area contributed by atoms with Crippen LogP contribution in [-0.4, -0.2) is 61.0 Å². The summed E-state index contributed by atoms with van der Waals surface area (Å²) in [6.45, 7) is 7.52. The van der Waals surface area contributed by atoms with Gasteiger partial charge in [-0.3, -0.25) is 9.59 Å². The Morgan fingerprint density at radius 3 is 1.75 bits per heavy atom. The predicted molar refractivity (Wildman–Crippen MR) is 125 cm³/mol. The van der Waals surface area contributed by atoms with Gasteiger partial charge in [-0.2, -0.15) is 0 Å².